The van der Waals surface area contributed by atoms with Gasteiger partial charge in [0.15, 0.2) is 9.84 Å². The number of sulfone groups is 1. The van der Waals surface area contributed by atoms with Gasteiger partial charge in [-0.15, -0.1) is 0 Å². The average Bonchev–Trinajstić information content (AvgIpc) is 3.03. The normalized spacial score (nSPS) is 11.5. The van der Waals surface area contributed by atoms with Crippen molar-refractivity contribution in [1.29, 1.82) is 0 Å². The van der Waals surface area contributed by atoms with Gasteiger partial charge in [0.1, 0.15) is 6.26 Å². The fourth-order valence-corrected chi connectivity index (χ4v) is 3.74. The van der Waals surface area contributed by atoms with Crippen LogP contribution in [0.25, 0.3) is 11.5 Å². The summed E-state index contributed by atoms with van der Waals surface area (Å²) in [5, 5.41) is 9.02. The highest BCUT2D eigenvalue weighted by atomic mass is 32.2. The summed E-state index contributed by atoms with van der Waals surface area (Å²) in [5.41, 5.74) is 2.63. The van der Waals surface area contributed by atoms with E-state index < -0.39 is 9.84 Å². The minimum absolute atomic E-state index is 0.0613. The third kappa shape index (κ3) is 4.10. The number of aliphatic hydroxyl groups excluding tert-OH is 1. The van der Waals surface area contributed by atoms with E-state index in [1.165, 1.54) is 6.26 Å². The quantitative estimate of drug-likeness (QED) is 0.744. The Morgan fingerprint density at radius 2 is 1.58 bits per heavy atom. The molecule has 5 nitrogen and oxygen atoms in total. The van der Waals surface area contributed by atoms with Crippen molar-refractivity contribution in [2.75, 3.05) is 0 Å². The molecule has 1 N–H and O–H groups in total. The predicted molar refractivity (Wildman–Crippen MR) is 90.6 cm³/mol. The lowest BCUT2D eigenvalue weighted by Gasteiger charge is -2.03. The van der Waals surface area contributed by atoms with Crippen molar-refractivity contribution < 1.29 is 17.9 Å². The maximum absolute atomic E-state index is 12.3. The van der Waals surface area contributed by atoms with Gasteiger partial charge in [0, 0.05) is 5.56 Å². The lowest BCUT2D eigenvalue weighted by Crippen LogP contribution is -2.08. The number of aromatic nitrogens is 1. The summed E-state index contributed by atoms with van der Waals surface area (Å²) in [4.78, 5) is 4.26. The minimum atomic E-state index is -3.36. The van der Waals surface area contributed by atoms with Crippen LogP contribution in [0, 0.1) is 0 Å². The van der Waals surface area contributed by atoms with Gasteiger partial charge in [0.2, 0.25) is 5.89 Å². The number of oxazole rings is 1. The molecule has 1 heterocycles. The Morgan fingerprint density at radius 3 is 2.25 bits per heavy atom. The zero-order valence-electron chi connectivity index (χ0n) is 12.9. The highest BCUT2D eigenvalue weighted by Crippen LogP contribution is 2.20. The molecule has 0 bridgehead atoms. The monoisotopic (exact) mass is 343 g/mol. The Hall–Kier alpha value is -2.44. The maximum Gasteiger partial charge on any atom is 0.226 e. The SMILES string of the molecule is O=S(=O)(Cc1ccc(CO)cc1)Cc1coc(-c2ccccc2)n1. The number of rotatable bonds is 6. The smallest absolute Gasteiger partial charge is 0.226 e. The molecule has 0 saturated heterocycles. The van der Waals surface area contributed by atoms with Gasteiger partial charge < -0.3 is 9.52 Å². The molecule has 0 saturated carbocycles. The van der Waals surface area contributed by atoms with Crippen LogP contribution in [0.4, 0.5) is 0 Å². The van der Waals surface area contributed by atoms with Crippen LogP contribution in [-0.4, -0.2) is 18.5 Å². The highest BCUT2D eigenvalue weighted by molar-refractivity contribution is 7.89. The fraction of sp³-hybridized carbons (Fsp3) is 0.167. The van der Waals surface area contributed by atoms with Crippen LogP contribution in [0.15, 0.2) is 65.3 Å². The first-order chi connectivity index (χ1) is 11.6. The number of hydrogen-bond donors (Lipinski definition) is 1. The largest absolute Gasteiger partial charge is 0.444 e. The molecule has 0 aliphatic heterocycles. The topological polar surface area (TPSA) is 80.4 Å². The van der Waals surface area contributed by atoms with E-state index in [2.05, 4.69) is 4.98 Å². The fourth-order valence-electron chi connectivity index (χ4n) is 2.36. The molecule has 0 radical (unpaired) electrons. The molecule has 24 heavy (non-hydrogen) atoms. The molecule has 3 rings (SSSR count). The Kier molecular flexibility index (Phi) is 4.78. The number of benzene rings is 2. The van der Waals surface area contributed by atoms with Crippen molar-refractivity contribution in [1.82, 2.24) is 4.98 Å². The second-order valence-corrected chi connectivity index (χ2v) is 7.58. The van der Waals surface area contributed by atoms with Crippen molar-refractivity contribution in [2.24, 2.45) is 0 Å². The van der Waals surface area contributed by atoms with E-state index in [0.717, 1.165) is 11.1 Å². The van der Waals surface area contributed by atoms with E-state index in [1.54, 1.807) is 24.3 Å². The summed E-state index contributed by atoms with van der Waals surface area (Å²) < 4.78 is 30.1. The molecule has 0 atom stereocenters. The summed E-state index contributed by atoms with van der Waals surface area (Å²) in [6, 6.07) is 16.2. The standard InChI is InChI=1S/C18H17NO4S/c20-10-14-6-8-15(9-7-14)12-24(21,22)13-17-11-23-18(19-17)16-4-2-1-3-5-16/h1-9,11,20H,10,12-13H2. The molecule has 0 aliphatic rings. The predicted octanol–water partition coefficient (Wildman–Crippen LogP) is 2.95. The van der Waals surface area contributed by atoms with Gasteiger partial charge in [0.25, 0.3) is 0 Å². The van der Waals surface area contributed by atoms with Crippen LogP contribution in [-0.2, 0) is 27.9 Å². The van der Waals surface area contributed by atoms with Gasteiger partial charge in [-0.3, -0.25) is 0 Å². The van der Waals surface area contributed by atoms with Crippen LogP contribution in [0.2, 0.25) is 0 Å². The molecule has 0 aliphatic carbocycles. The summed E-state index contributed by atoms with van der Waals surface area (Å²) in [6.07, 6.45) is 1.38. The summed E-state index contributed by atoms with van der Waals surface area (Å²) >= 11 is 0. The molecule has 0 spiro atoms. The van der Waals surface area contributed by atoms with Gasteiger partial charge in [-0.1, -0.05) is 42.5 Å². The van der Waals surface area contributed by atoms with Crippen molar-refractivity contribution in [3.8, 4) is 11.5 Å². The second kappa shape index (κ2) is 6.98. The van der Waals surface area contributed by atoms with Crippen molar-refractivity contribution in [2.45, 2.75) is 18.1 Å². The van der Waals surface area contributed by atoms with Gasteiger partial charge in [-0.2, -0.15) is 0 Å². The Labute approximate surface area is 140 Å². The van der Waals surface area contributed by atoms with E-state index >= 15 is 0 Å². The zero-order chi connectivity index (χ0) is 17.0. The van der Waals surface area contributed by atoms with Crippen molar-refractivity contribution >= 4 is 9.84 Å². The molecule has 124 valence electrons. The van der Waals surface area contributed by atoms with E-state index in [9.17, 15) is 8.42 Å². The van der Waals surface area contributed by atoms with Crippen molar-refractivity contribution in [3.05, 3.63) is 77.7 Å². The average molecular weight is 343 g/mol. The van der Waals surface area contributed by atoms with Crippen LogP contribution in [0.5, 0.6) is 0 Å². The van der Waals surface area contributed by atoms with E-state index in [-0.39, 0.29) is 18.1 Å². The molecule has 0 fully saturated rings. The summed E-state index contributed by atoms with van der Waals surface area (Å²) in [6.45, 7) is -0.0613. The van der Waals surface area contributed by atoms with Gasteiger partial charge in [0.05, 0.1) is 23.8 Å². The second-order valence-electron chi connectivity index (χ2n) is 5.52. The zero-order valence-corrected chi connectivity index (χ0v) is 13.7. The molecule has 0 unspecified atom stereocenters. The molecule has 6 heteroatoms. The van der Waals surface area contributed by atoms with Gasteiger partial charge >= 0.3 is 0 Å². The Balaban J connectivity index is 1.71. The maximum atomic E-state index is 12.3. The summed E-state index contributed by atoms with van der Waals surface area (Å²) in [7, 11) is -3.36. The van der Waals surface area contributed by atoms with E-state index in [4.69, 9.17) is 9.52 Å². The van der Waals surface area contributed by atoms with E-state index in [0.29, 0.717) is 17.1 Å². The van der Waals surface area contributed by atoms with Crippen LogP contribution in [0.3, 0.4) is 0 Å². The minimum Gasteiger partial charge on any atom is -0.444 e. The van der Waals surface area contributed by atoms with Crippen LogP contribution < -0.4 is 0 Å². The van der Waals surface area contributed by atoms with Crippen LogP contribution >= 0.6 is 0 Å². The first kappa shape index (κ1) is 16.4. The van der Waals surface area contributed by atoms with Crippen LogP contribution in [0.1, 0.15) is 16.8 Å². The number of aliphatic hydroxyl groups is 1. The lowest BCUT2D eigenvalue weighted by atomic mass is 10.2. The first-order valence-electron chi connectivity index (χ1n) is 7.45. The number of nitrogens with zero attached hydrogens (tertiary/aromatic N) is 1. The van der Waals surface area contributed by atoms with Gasteiger partial charge in [-0.05, 0) is 23.3 Å². The highest BCUT2D eigenvalue weighted by Gasteiger charge is 2.17. The molecule has 2 aromatic carbocycles. The molecule has 3 aromatic rings. The lowest BCUT2D eigenvalue weighted by molar-refractivity contribution is 0.282. The number of hydrogen-bond acceptors (Lipinski definition) is 5. The van der Waals surface area contributed by atoms with E-state index in [1.807, 2.05) is 30.3 Å². The van der Waals surface area contributed by atoms with Gasteiger partial charge in [-0.25, -0.2) is 13.4 Å². The Bertz CT molecular complexity index is 900. The third-order valence-corrected chi connectivity index (χ3v) is 5.04. The Morgan fingerprint density at radius 1 is 0.917 bits per heavy atom. The first-order valence-corrected chi connectivity index (χ1v) is 9.27. The molecule has 0 amide bonds. The summed E-state index contributed by atoms with van der Waals surface area (Å²) in [5.74, 6) is 0.158. The third-order valence-electron chi connectivity index (χ3n) is 3.53. The molecule has 1 aromatic heterocycles. The molecular weight excluding hydrogens is 326 g/mol. The van der Waals surface area contributed by atoms with Crippen molar-refractivity contribution in [3.63, 3.8) is 0 Å². The molecular formula is C18H17NO4S.